The minimum Gasteiger partial charge on any atom is -0.447 e. The van der Waals surface area contributed by atoms with E-state index in [9.17, 15) is 15.8 Å². The molecule has 7 nitrogen and oxygen atoms in total. The quantitative estimate of drug-likeness (QED) is 0.891. The molecule has 1 aromatic heterocycles. The largest absolute Gasteiger partial charge is 0.447 e. The summed E-state index contributed by atoms with van der Waals surface area (Å²) < 4.78 is 11.7. The highest BCUT2D eigenvalue weighted by molar-refractivity contribution is 5.89. The number of nitriles is 3. The third-order valence-corrected chi connectivity index (χ3v) is 5.25. The van der Waals surface area contributed by atoms with Crippen molar-refractivity contribution < 1.29 is 9.47 Å². The van der Waals surface area contributed by atoms with Gasteiger partial charge >= 0.3 is 0 Å². The summed E-state index contributed by atoms with van der Waals surface area (Å²) in [6.07, 6.45) is 0.811. The molecule has 1 N–H and O–H groups in total. The van der Waals surface area contributed by atoms with Crippen molar-refractivity contribution in [1.29, 1.82) is 21.2 Å². The molecule has 1 aromatic rings. The van der Waals surface area contributed by atoms with E-state index in [1.54, 1.807) is 25.1 Å². The molecule has 2 bridgehead atoms. The fraction of sp³-hybridized carbons (Fsp3) is 0.471. The fourth-order valence-electron chi connectivity index (χ4n) is 3.84. The molecule has 0 saturated carbocycles. The standard InChI is InChI=1S/C17H15N5O2/c1-3-17-11(2)16(10-20,14(21)24-17)15(8-18,9-19)13(23-17)12-6-4-5-7-22-12/h4-7,11,13,21H,3H2,1-2H3. The minimum atomic E-state index is -1.93. The van der Waals surface area contributed by atoms with Crippen LogP contribution < -0.4 is 0 Å². The van der Waals surface area contributed by atoms with Crippen LogP contribution >= 0.6 is 0 Å². The number of fused-ring (bicyclic) bond motifs is 2. The number of hydrogen-bond acceptors (Lipinski definition) is 7. The zero-order valence-corrected chi connectivity index (χ0v) is 13.3. The van der Waals surface area contributed by atoms with E-state index in [2.05, 4.69) is 11.1 Å². The van der Waals surface area contributed by atoms with Crippen molar-refractivity contribution in [1.82, 2.24) is 4.98 Å². The number of nitrogens with zero attached hydrogens (tertiary/aromatic N) is 4. The first-order chi connectivity index (χ1) is 11.5. The van der Waals surface area contributed by atoms with E-state index in [0.29, 0.717) is 12.1 Å². The summed E-state index contributed by atoms with van der Waals surface area (Å²) in [5, 5.41) is 38.0. The molecule has 2 saturated heterocycles. The number of ether oxygens (including phenoxy) is 2. The van der Waals surface area contributed by atoms with Gasteiger partial charge in [0, 0.05) is 12.6 Å². The van der Waals surface area contributed by atoms with Crippen molar-refractivity contribution >= 4 is 5.90 Å². The van der Waals surface area contributed by atoms with E-state index in [1.807, 2.05) is 19.1 Å². The Balaban J connectivity index is 2.34. The van der Waals surface area contributed by atoms with E-state index in [-0.39, 0.29) is 5.90 Å². The summed E-state index contributed by atoms with van der Waals surface area (Å²) in [5.74, 6) is -2.26. The van der Waals surface area contributed by atoms with Gasteiger partial charge in [-0.1, -0.05) is 19.9 Å². The van der Waals surface area contributed by atoms with Gasteiger partial charge in [-0.25, -0.2) is 0 Å². The van der Waals surface area contributed by atoms with Crippen LogP contribution in [0.1, 0.15) is 32.1 Å². The molecule has 7 heteroatoms. The molecule has 2 aliphatic rings. The summed E-state index contributed by atoms with van der Waals surface area (Å²) in [6.45, 7) is 3.50. The van der Waals surface area contributed by atoms with Crippen molar-refractivity contribution in [2.45, 2.75) is 32.2 Å². The number of hydrogen-bond donors (Lipinski definition) is 1. The zero-order chi connectivity index (χ0) is 17.6. The second kappa shape index (κ2) is 5.03. The molecule has 24 heavy (non-hydrogen) atoms. The Hall–Kier alpha value is -2.95. The topological polar surface area (TPSA) is 127 Å². The van der Waals surface area contributed by atoms with Crippen LogP contribution in [0.5, 0.6) is 0 Å². The van der Waals surface area contributed by atoms with Crippen molar-refractivity contribution in [3.8, 4) is 18.2 Å². The van der Waals surface area contributed by atoms with Gasteiger partial charge in [0.05, 0.1) is 29.8 Å². The number of pyridine rings is 1. The third kappa shape index (κ3) is 1.51. The van der Waals surface area contributed by atoms with Crippen molar-refractivity contribution in [3.05, 3.63) is 30.1 Å². The highest BCUT2D eigenvalue weighted by Crippen LogP contribution is 2.66. The molecule has 3 rings (SSSR count). The Morgan fingerprint density at radius 1 is 1.25 bits per heavy atom. The van der Waals surface area contributed by atoms with Crippen LogP contribution in [0.2, 0.25) is 0 Å². The average molecular weight is 321 g/mol. The predicted molar refractivity (Wildman–Crippen MR) is 80.8 cm³/mol. The Labute approximate surface area is 139 Å². The van der Waals surface area contributed by atoms with Gasteiger partial charge in [0.15, 0.2) is 5.41 Å². The number of nitrogens with one attached hydrogen (secondary N) is 1. The molecule has 4 unspecified atom stereocenters. The van der Waals surface area contributed by atoms with Crippen LogP contribution in [0.25, 0.3) is 0 Å². The van der Waals surface area contributed by atoms with Gasteiger partial charge < -0.3 is 9.47 Å². The monoisotopic (exact) mass is 321 g/mol. The first-order valence-electron chi connectivity index (χ1n) is 7.58. The molecular weight excluding hydrogens is 306 g/mol. The highest BCUT2D eigenvalue weighted by Gasteiger charge is 2.79. The van der Waals surface area contributed by atoms with E-state index < -0.39 is 28.6 Å². The summed E-state index contributed by atoms with van der Waals surface area (Å²) in [6, 6.07) is 11.1. The summed E-state index contributed by atoms with van der Waals surface area (Å²) in [5.41, 5.74) is -3.28. The van der Waals surface area contributed by atoms with E-state index in [4.69, 9.17) is 14.9 Å². The van der Waals surface area contributed by atoms with Crippen LogP contribution in [-0.2, 0) is 9.47 Å². The summed E-state index contributed by atoms with van der Waals surface area (Å²) in [4.78, 5) is 4.21. The van der Waals surface area contributed by atoms with Crippen LogP contribution in [-0.4, -0.2) is 16.7 Å². The molecule has 0 radical (unpaired) electrons. The number of aromatic nitrogens is 1. The van der Waals surface area contributed by atoms with Gasteiger partial charge in [-0.05, 0) is 12.1 Å². The molecular formula is C17H15N5O2. The molecule has 0 aromatic carbocycles. The molecule has 4 atom stereocenters. The lowest BCUT2D eigenvalue weighted by atomic mass is 9.54. The van der Waals surface area contributed by atoms with Crippen molar-refractivity contribution in [2.75, 3.05) is 0 Å². The maximum atomic E-state index is 9.93. The second-order valence-corrected chi connectivity index (χ2v) is 6.02. The fourth-order valence-corrected chi connectivity index (χ4v) is 3.84. The minimum absolute atomic E-state index is 0.364. The molecule has 2 aliphatic heterocycles. The van der Waals surface area contributed by atoms with Crippen LogP contribution in [0.4, 0.5) is 0 Å². The molecule has 120 valence electrons. The SMILES string of the molecule is CCC12OC(=N)C(C#N)(C1C)C(C#N)(C#N)C(c1ccccn1)O2. The van der Waals surface area contributed by atoms with Gasteiger partial charge in [0.1, 0.15) is 6.10 Å². The second-order valence-electron chi connectivity index (χ2n) is 6.02. The first kappa shape index (κ1) is 15.9. The maximum Gasteiger partial charge on any atom is 0.217 e. The highest BCUT2D eigenvalue weighted by atomic mass is 16.7. The third-order valence-electron chi connectivity index (χ3n) is 5.25. The van der Waals surface area contributed by atoms with Crippen molar-refractivity contribution in [2.24, 2.45) is 16.7 Å². The first-order valence-corrected chi connectivity index (χ1v) is 7.58. The molecule has 0 amide bonds. The zero-order valence-electron chi connectivity index (χ0n) is 13.3. The lowest BCUT2D eigenvalue weighted by Crippen LogP contribution is -2.58. The molecule has 2 fully saturated rings. The molecule has 0 aliphatic carbocycles. The van der Waals surface area contributed by atoms with Crippen LogP contribution in [0, 0.1) is 56.2 Å². The Bertz CT molecular complexity index is 804. The normalized spacial score (nSPS) is 36.0. The van der Waals surface area contributed by atoms with E-state index in [1.165, 1.54) is 6.20 Å². The van der Waals surface area contributed by atoms with Crippen LogP contribution in [0.15, 0.2) is 24.4 Å². The molecule has 3 heterocycles. The van der Waals surface area contributed by atoms with Crippen LogP contribution in [0.3, 0.4) is 0 Å². The smallest absolute Gasteiger partial charge is 0.217 e. The predicted octanol–water partition coefficient (Wildman–Crippen LogP) is 2.45. The summed E-state index contributed by atoms with van der Waals surface area (Å²) >= 11 is 0. The summed E-state index contributed by atoms with van der Waals surface area (Å²) in [7, 11) is 0. The lowest BCUT2D eigenvalue weighted by Gasteiger charge is -2.48. The van der Waals surface area contributed by atoms with Gasteiger partial charge in [0.25, 0.3) is 0 Å². The van der Waals surface area contributed by atoms with Gasteiger partial charge in [0.2, 0.25) is 17.1 Å². The number of rotatable bonds is 2. The maximum absolute atomic E-state index is 9.93. The van der Waals surface area contributed by atoms with E-state index >= 15 is 0 Å². The molecule has 0 spiro atoms. The van der Waals surface area contributed by atoms with Crippen molar-refractivity contribution in [3.63, 3.8) is 0 Å². The van der Waals surface area contributed by atoms with Gasteiger partial charge in [-0.2, -0.15) is 15.8 Å². The average Bonchev–Trinajstić information content (AvgIpc) is 2.78. The lowest BCUT2D eigenvalue weighted by molar-refractivity contribution is -0.281. The van der Waals surface area contributed by atoms with E-state index in [0.717, 1.165) is 0 Å². The van der Waals surface area contributed by atoms with Gasteiger partial charge in [-0.15, -0.1) is 0 Å². The Morgan fingerprint density at radius 2 is 1.96 bits per heavy atom. The van der Waals surface area contributed by atoms with Gasteiger partial charge in [-0.3, -0.25) is 10.4 Å². The Kier molecular flexibility index (Phi) is 3.34. The Morgan fingerprint density at radius 3 is 2.46 bits per heavy atom.